The first-order chi connectivity index (χ1) is 13.8. The summed E-state index contributed by atoms with van der Waals surface area (Å²) >= 11 is 0. The first-order valence-electron chi connectivity index (χ1n) is 9.02. The number of hydrogen-bond acceptors (Lipinski definition) is 6. The van der Waals surface area contributed by atoms with E-state index in [2.05, 4.69) is 10.1 Å². The van der Waals surface area contributed by atoms with E-state index < -0.39 is 0 Å². The number of ether oxygens (including phenoxy) is 2. The van der Waals surface area contributed by atoms with Crippen molar-refractivity contribution in [2.24, 2.45) is 0 Å². The van der Waals surface area contributed by atoms with Crippen LogP contribution in [0.2, 0.25) is 0 Å². The number of amides is 1. The van der Waals surface area contributed by atoms with Crippen LogP contribution in [0.15, 0.2) is 59.1 Å². The lowest BCUT2D eigenvalue weighted by molar-refractivity contribution is -0.130. The van der Waals surface area contributed by atoms with Crippen LogP contribution in [0.1, 0.15) is 17.4 Å². The molecule has 0 radical (unpaired) electrons. The fourth-order valence-electron chi connectivity index (χ4n) is 3.21. The molecule has 1 aromatic heterocycles. The highest BCUT2D eigenvalue weighted by molar-refractivity contribution is 5.92. The zero-order valence-electron chi connectivity index (χ0n) is 14.9. The molecule has 1 amide bonds. The van der Waals surface area contributed by atoms with Crippen molar-refractivity contribution in [3.05, 3.63) is 66.1 Å². The number of nitrogens with zero attached hydrogens (tertiary/aromatic N) is 3. The second-order valence-electron chi connectivity index (χ2n) is 6.71. The van der Waals surface area contributed by atoms with E-state index >= 15 is 0 Å². The van der Waals surface area contributed by atoms with Crippen LogP contribution in [-0.2, 0) is 4.79 Å². The molecule has 140 valence electrons. The topological polar surface area (TPSA) is 77.7 Å². The lowest BCUT2D eigenvalue weighted by atomic mass is 10.00. The Balaban J connectivity index is 1.19. The van der Waals surface area contributed by atoms with E-state index in [1.807, 2.05) is 48.5 Å². The van der Waals surface area contributed by atoms with Crippen LogP contribution in [-0.4, -0.2) is 40.8 Å². The normalized spacial score (nSPS) is 15.8. The van der Waals surface area contributed by atoms with Gasteiger partial charge < -0.3 is 18.9 Å². The van der Waals surface area contributed by atoms with Crippen LogP contribution in [0.5, 0.6) is 11.5 Å². The molecule has 28 heavy (non-hydrogen) atoms. The molecular weight excluding hydrogens is 358 g/mol. The van der Waals surface area contributed by atoms with Crippen LogP contribution < -0.4 is 9.47 Å². The number of aromatic nitrogens is 2. The molecule has 0 aliphatic carbocycles. The van der Waals surface area contributed by atoms with Crippen LogP contribution >= 0.6 is 0 Å². The average Bonchev–Trinajstić information content (AvgIpc) is 3.35. The Morgan fingerprint density at radius 1 is 1.07 bits per heavy atom. The van der Waals surface area contributed by atoms with Crippen LogP contribution in [0.4, 0.5) is 0 Å². The van der Waals surface area contributed by atoms with Crippen LogP contribution in [0.3, 0.4) is 0 Å². The molecule has 1 saturated heterocycles. The second-order valence-corrected chi connectivity index (χ2v) is 6.71. The molecule has 7 nitrogen and oxygen atoms in total. The average molecular weight is 375 g/mol. The van der Waals surface area contributed by atoms with E-state index in [4.69, 9.17) is 14.0 Å². The number of rotatable bonds is 4. The molecule has 0 spiro atoms. The number of benzene rings is 2. The molecule has 0 N–H and O–H groups in total. The first kappa shape index (κ1) is 16.6. The summed E-state index contributed by atoms with van der Waals surface area (Å²) in [4.78, 5) is 18.6. The Morgan fingerprint density at radius 3 is 2.75 bits per heavy atom. The summed E-state index contributed by atoms with van der Waals surface area (Å²) in [6.07, 6.45) is 3.34. The fourth-order valence-corrected chi connectivity index (χ4v) is 3.21. The number of fused-ring (bicyclic) bond motifs is 1. The monoisotopic (exact) mass is 375 g/mol. The Labute approximate surface area is 161 Å². The van der Waals surface area contributed by atoms with Crippen LogP contribution in [0.25, 0.3) is 17.5 Å². The van der Waals surface area contributed by atoms with Gasteiger partial charge in [0.1, 0.15) is 0 Å². The summed E-state index contributed by atoms with van der Waals surface area (Å²) in [7, 11) is 0. The van der Waals surface area contributed by atoms with Crippen molar-refractivity contribution in [1.82, 2.24) is 15.0 Å². The maximum Gasteiger partial charge on any atom is 0.246 e. The standard InChI is InChI=1S/C21H17N3O4/c25-19(9-7-14-6-8-17-18(10-14)27-13-26-17)24-11-16(12-24)21-22-20(23-28-21)15-4-2-1-3-5-15/h1-10,16H,11-13H2/b9-7+. The maximum atomic E-state index is 12.4. The molecule has 3 heterocycles. The summed E-state index contributed by atoms with van der Waals surface area (Å²) in [6, 6.07) is 15.3. The molecule has 3 aromatic rings. The molecule has 7 heteroatoms. The molecule has 0 bridgehead atoms. The van der Waals surface area contributed by atoms with Gasteiger partial charge in [0, 0.05) is 24.7 Å². The minimum absolute atomic E-state index is 0.0447. The van der Waals surface area contributed by atoms with Gasteiger partial charge in [0.15, 0.2) is 11.5 Å². The van der Waals surface area contributed by atoms with Gasteiger partial charge in [0.2, 0.25) is 24.4 Å². The predicted octanol–water partition coefficient (Wildman–Crippen LogP) is 3.10. The van der Waals surface area contributed by atoms with Gasteiger partial charge >= 0.3 is 0 Å². The van der Waals surface area contributed by atoms with Crippen molar-refractivity contribution >= 4 is 12.0 Å². The van der Waals surface area contributed by atoms with Crippen molar-refractivity contribution in [3.8, 4) is 22.9 Å². The minimum Gasteiger partial charge on any atom is -0.454 e. The SMILES string of the molecule is O=C(/C=C/c1ccc2c(c1)OCO2)N1CC(c2nc(-c3ccccc3)no2)C1. The van der Waals surface area contributed by atoms with Gasteiger partial charge in [-0.05, 0) is 23.8 Å². The lowest BCUT2D eigenvalue weighted by Gasteiger charge is -2.36. The first-order valence-corrected chi connectivity index (χ1v) is 9.02. The molecule has 0 saturated carbocycles. The molecule has 2 aromatic carbocycles. The zero-order chi connectivity index (χ0) is 18.9. The largest absolute Gasteiger partial charge is 0.454 e. The molecule has 1 fully saturated rings. The van der Waals surface area contributed by atoms with E-state index in [-0.39, 0.29) is 18.6 Å². The van der Waals surface area contributed by atoms with E-state index in [9.17, 15) is 4.79 Å². The predicted molar refractivity (Wildman–Crippen MR) is 101 cm³/mol. The van der Waals surface area contributed by atoms with Crippen molar-refractivity contribution in [2.45, 2.75) is 5.92 Å². The number of hydrogen-bond donors (Lipinski definition) is 0. The maximum absolute atomic E-state index is 12.4. The molecular formula is C21H17N3O4. The van der Waals surface area contributed by atoms with Gasteiger partial charge in [-0.1, -0.05) is 41.6 Å². The third kappa shape index (κ3) is 3.11. The van der Waals surface area contributed by atoms with Gasteiger partial charge in [0.05, 0.1) is 5.92 Å². The van der Waals surface area contributed by atoms with Crippen molar-refractivity contribution in [2.75, 3.05) is 19.9 Å². The second kappa shape index (κ2) is 6.84. The Kier molecular flexibility index (Phi) is 4.05. The molecule has 2 aliphatic heterocycles. The smallest absolute Gasteiger partial charge is 0.246 e. The lowest BCUT2D eigenvalue weighted by Crippen LogP contribution is -2.47. The summed E-state index contributed by atoms with van der Waals surface area (Å²) in [5.74, 6) is 2.60. The Bertz CT molecular complexity index is 1040. The minimum atomic E-state index is -0.0447. The summed E-state index contributed by atoms with van der Waals surface area (Å²) in [5.41, 5.74) is 1.80. The third-order valence-corrected chi connectivity index (χ3v) is 4.83. The molecule has 5 rings (SSSR count). The summed E-state index contributed by atoms with van der Waals surface area (Å²) < 4.78 is 16.0. The van der Waals surface area contributed by atoms with Gasteiger partial charge in [-0.25, -0.2) is 0 Å². The summed E-state index contributed by atoms with van der Waals surface area (Å²) in [6.45, 7) is 1.37. The fraction of sp³-hybridized carbons (Fsp3) is 0.190. The van der Waals surface area contributed by atoms with Gasteiger partial charge in [-0.3, -0.25) is 4.79 Å². The Morgan fingerprint density at radius 2 is 1.89 bits per heavy atom. The highest BCUT2D eigenvalue weighted by atomic mass is 16.7. The van der Waals surface area contributed by atoms with E-state index in [1.165, 1.54) is 0 Å². The highest BCUT2D eigenvalue weighted by Gasteiger charge is 2.34. The van der Waals surface area contributed by atoms with Crippen LogP contribution in [0, 0.1) is 0 Å². The quantitative estimate of drug-likeness (QED) is 0.652. The van der Waals surface area contributed by atoms with E-state index in [1.54, 1.807) is 17.1 Å². The summed E-state index contributed by atoms with van der Waals surface area (Å²) in [5, 5.41) is 4.04. The number of carbonyl (C=O) groups excluding carboxylic acids is 1. The van der Waals surface area contributed by atoms with E-state index in [0.29, 0.717) is 30.6 Å². The van der Waals surface area contributed by atoms with Crippen molar-refractivity contribution in [3.63, 3.8) is 0 Å². The zero-order valence-corrected chi connectivity index (χ0v) is 14.9. The molecule has 0 atom stereocenters. The number of carbonyl (C=O) groups is 1. The molecule has 0 unspecified atom stereocenters. The highest BCUT2D eigenvalue weighted by Crippen LogP contribution is 2.33. The van der Waals surface area contributed by atoms with Gasteiger partial charge in [-0.15, -0.1) is 0 Å². The van der Waals surface area contributed by atoms with E-state index in [0.717, 1.165) is 16.9 Å². The number of likely N-dealkylation sites (tertiary alicyclic amines) is 1. The third-order valence-electron chi connectivity index (χ3n) is 4.83. The van der Waals surface area contributed by atoms with Gasteiger partial charge in [-0.2, -0.15) is 4.98 Å². The molecule has 2 aliphatic rings. The van der Waals surface area contributed by atoms with Gasteiger partial charge in [0.25, 0.3) is 0 Å². The Hall–Kier alpha value is -3.61. The van der Waals surface area contributed by atoms with Crippen molar-refractivity contribution in [1.29, 1.82) is 0 Å². The van der Waals surface area contributed by atoms with Crippen molar-refractivity contribution < 1.29 is 18.8 Å².